The van der Waals surface area contributed by atoms with Crippen molar-refractivity contribution in [2.75, 3.05) is 6.54 Å². The molecule has 0 heterocycles. The van der Waals surface area contributed by atoms with Gasteiger partial charge in [0.05, 0.1) is 6.10 Å². The van der Waals surface area contributed by atoms with E-state index in [0.717, 1.165) is 11.1 Å². The number of aliphatic hydroxyl groups is 1. The second-order valence-electron chi connectivity index (χ2n) is 4.72. The van der Waals surface area contributed by atoms with E-state index in [1.54, 1.807) is 6.07 Å². The van der Waals surface area contributed by atoms with Gasteiger partial charge in [-0.25, -0.2) is 0 Å². The number of rotatable bonds is 5. The minimum atomic E-state index is -0.634. The fourth-order valence-electron chi connectivity index (χ4n) is 2.04. The van der Waals surface area contributed by atoms with Crippen LogP contribution in [0.1, 0.15) is 30.2 Å². The highest BCUT2D eigenvalue weighted by atomic mass is 35.5. The Balaban J connectivity index is 1.97. The average molecular weight is 310 g/mol. The van der Waals surface area contributed by atoms with Gasteiger partial charge in [0.15, 0.2) is 0 Å². The van der Waals surface area contributed by atoms with Crippen LogP contribution in [0.25, 0.3) is 0 Å². The van der Waals surface area contributed by atoms with E-state index >= 15 is 0 Å². The van der Waals surface area contributed by atoms with Gasteiger partial charge in [0.25, 0.3) is 0 Å². The van der Waals surface area contributed by atoms with Crippen LogP contribution in [0.3, 0.4) is 0 Å². The predicted molar refractivity (Wildman–Crippen MR) is 84.3 cm³/mol. The van der Waals surface area contributed by atoms with Gasteiger partial charge in [0, 0.05) is 28.2 Å². The SMILES string of the molecule is CC(NCC(O)c1ccccc1Cl)c1cccc(Cl)c1. The van der Waals surface area contributed by atoms with Gasteiger partial charge in [0.1, 0.15) is 0 Å². The molecule has 106 valence electrons. The van der Waals surface area contributed by atoms with Crippen molar-refractivity contribution in [2.24, 2.45) is 0 Å². The molecule has 0 aromatic heterocycles. The molecule has 2 nitrogen and oxygen atoms in total. The van der Waals surface area contributed by atoms with E-state index in [4.69, 9.17) is 23.2 Å². The largest absolute Gasteiger partial charge is 0.387 e. The second-order valence-corrected chi connectivity index (χ2v) is 5.57. The zero-order valence-electron chi connectivity index (χ0n) is 11.2. The molecule has 0 saturated carbocycles. The van der Waals surface area contributed by atoms with E-state index in [1.165, 1.54) is 0 Å². The molecule has 2 rings (SSSR count). The minimum absolute atomic E-state index is 0.103. The summed E-state index contributed by atoms with van der Waals surface area (Å²) < 4.78 is 0. The summed E-state index contributed by atoms with van der Waals surface area (Å²) >= 11 is 12.0. The molecule has 2 N–H and O–H groups in total. The van der Waals surface area contributed by atoms with Crippen molar-refractivity contribution in [1.29, 1.82) is 0 Å². The predicted octanol–water partition coefficient (Wildman–Crippen LogP) is 4.38. The van der Waals surface area contributed by atoms with Crippen LogP contribution in [0.2, 0.25) is 10.0 Å². The molecule has 0 aliphatic carbocycles. The number of nitrogens with one attached hydrogen (secondary N) is 1. The summed E-state index contributed by atoms with van der Waals surface area (Å²) in [6, 6.07) is 15.1. The fourth-order valence-corrected chi connectivity index (χ4v) is 2.50. The van der Waals surface area contributed by atoms with E-state index in [0.29, 0.717) is 16.6 Å². The Morgan fingerprint density at radius 2 is 1.85 bits per heavy atom. The van der Waals surface area contributed by atoms with Crippen LogP contribution in [0.15, 0.2) is 48.5 Å². The molecule has 20 heavy (non-hydrogen) atoms. The average Bonchev–Trinajstić information content (AvgIpc) is 2.45. The molecular weight excluding hydrogens is 293 g/mol. The molecule has 0 aliphatic rings. The van der Waals surface area contributed by atoms with Gasteiger partial charge in [0.2, 0.25) is 0 Å². The van der Waals surface area contributed by atoms with Gasteiger partial charge in [-0.05, 0) is 30.7 Å². The smallest absolute Gasteiger partial charge is 0.0928 e. The lowest BCUT2D eigenvalue weighted by atomic mass is 10.1. The molecule has 2 unspecified atom stereocenters. The van der Waals surface area contributed by atoms with Gasteiger partial charge in [-0.3, -0.25) is 0 Å². The van der Waals surface area contributed by atoms with Crippen molar-refractivity contribution >= 4 is 23.2 Å². The fraction of sp³-hybridized carbons (Fsp3) is 0.250. The number of hydrogen-bond acceptors (Lipinski definition) is 2. The first-order valence-corrected chi connectivity index (χ1v) is 7.25. The zero-order valence-corrected chi connectivity index (χ0v) is 12.7. The first-order chi connectivity index (χ1) is 9.58. The molecule has 0 saturated heterocycles. The Morgan fingerprint density at radius 3 is 2.55 bits per heavy atom. The van der Waals surface area contributed by atoms with E-state index in [-0.39, 0.29) is 6.04 Å². The summed E-state index contributed by atoms with van der Waals surface area (Å²) in [5.74, 6) is 0. The normalized spacial score (nSPS) is 14.0. The number of aliphatic hydroxyl groups excluding tert-OH is 1. The van der Waals surface area contributed by atoms with Gasteiger partial charge < -0.3 is 10.4 Å². The van der Waals surface area contributed by atoms with E-state index in [9.17, 15) is 5.11 Å². The first kappa shape index (κ1) is 15.3. The molecular formula is C16H17Cl2NO. The van der Waals surface area contributed by atoms with Crippen LogP contribution in [0.4, 0.5) is 0 Å². The maximum Gasteiger partial charge on any atom is 0.0928 e. The molecule has 2 aromatic rings. The van der Waals surface area contributed by atoms with Crippen molar-refractivity contribution in [2.45, 2.75) is 19.1 Å². The monoisotopic (exact) mass is 309 g/mol. The minimum Gasteiger partial charge on any atom is -0.387 e. The van der Waals surface area contributed by atoms with Crippen LogP contribution >= 0.6 is 23.2 Å². The van der Waals surface area contributed by atoms with E-state index in [2.05, 4.69) is 5.32 Å². The molecule has 0 amide bonds. The molecule has 2 atom stereocenters. The van der Waals surface area contributed by atoms with Crippen molar-refractivity contribution in [3.8, 4) is 0 Å². The third-order valence-corrected chi connectivity index (χ3v) is 3.81. The second kappa shape index (κ2) is 7.09. The van der Waals surface area contributed by atoms with E-state index in [1.807, 2.05) is 49.4 Å². The quantitative estimate of drug-likeness (QED) is 0.859. The molecule has 0 aliphatic heterocycles. The van der Waals surface area contributed by atoms with Crippen LogP contribution in [0, 0.1) is 0 Å². The Bertz CT molecular complexity index is 574. The number of halogens is 2. The van der Waals surface area contributed by atoms with Gasteiger partial charge in [-0.1, -0.05) is 53.5 Å². The van der Waals surface area contributed by atoms with E-state index < -0.39 is 6.10 Å². The molecule has 0 bridgehead atoms. The molecule has 0 radical (unpaired) electrons. The lowest BCUT2D eigenvalue weighted by molar-refractivity contribution is 0.171. The first-order valence-electron chi connectivity index (χ1n) is 6.49. The maximum atomic E-state index is 10.2. The Labute approximate surface area is 129 Å². The Hall–Kier alpha value is -1.06. The van der Waals surface area contributed by atoms with Crippen LogP contribution in [-0.4, -0.2) is 11.7 Å². The lowest BCUT2D eigenvalue weighted by Gasteiger charge is -2.18. The summed E-state index contributed by atoms with van der Waals surface area (Å²) in [5, 5.41) is 14.8. The Kier molecular flexibility index (Phi) is 5.44. The van der Waals surface area contributed by atoms with Crippen molar-refractivity contribution in [3.63, 3.8) is 0 Å². The van der Waals surface area contributed by atoms with Crippen LogP contribution < -0.4 is 5.32 Å². The molecule has 4 heteroatoms. The number of benzene rings is 2. The van der Waals surface area contributed by atoms with Crippen LogP contribution in [-0.2, 0) is 0 Å². The maximum absolute atomic E-state index is 10.2. The third-order valence-electron chi connectivity index (χ3n) is 3.23. The summed E-state index contributed by atoms with van der Waals surface area (Å²) in [7, 11) is 0. The van der Waals surface area contributed by atoms with Crippen molar-refractivity contribution in [3.05, 3.63) is 69.7 Å². The topological polar surface area (TPSA) is 32.3 Å². The standard InChI is InChI=1S/C16H17Cl2NO/c1-11(12-5-4-6-13(17)9-12)19-10-16(20)14-7-2-3-8-15(14)18/h2-9,11,16,19-20H,10H2,1H3. The highest BCUT2D eigenvalue weighted by Gasteiger charge is 2.13. The van der Waals surface area contributed by atoms with Crippen LogP contribution in [0.5, 0.6) is 0 Å². The van der Waals surface area contributed by atoms with Gasteiger partial charge in [-0.15, -0.1) is 0 Å². The third kappa shape index (κ3) is 3.97. The number of hydrogen-bond donors (Lipinski definition) is 2. The van der Waals surface area contributed by atoms with Gasteiger partial charge >= 0.3 is 0 Å². The summed E-state index contributed by atoms with van der Waals surface area (Å²) in [5.41, 5.74) is 1.82. The molecule has 0 fully saturated rings. The highest BCUT2D eigenvalue weighted by molar-refractivity contribution is 6.31. The lowest BCUT2D eigenvalue weighted by Crippen LogP contribution is -2.24. The molecule has 0 spiro atoms. The van der Waals surface area contributed by atoms with Crippen molar-refractivity contribution in [1.82, 2.24) is 5.32 Å². The van der Waals surface area contributed by atoms with Gasteiger partial charge in [-0.2, -0.15) is 0 Å². The zero-order chi connectivity index (χ0) is 14.5. The summed E-state index contributed by atoms with van der Waals surface area (Å²) in [6.07, 6.45) is -0.634. The highest BCUT2D eigenvalue weighted by Crippen LogP contribution is 2.23. The summed E-state index contributed by atoms with van der Waals surface area (Å²) in [4.78, 5) is 0. The summed E-state index contributed by atoms with van der Waals surface area (Å²) in [6.45, 7) is 2.46. The van der Waals surface area contributed by atoms with Crippen molar-refractivity contribution < 1.29 is 5.11 Å². The molecule has 2 aromatic carbocycles. The Morgan fingerprint density at radius 1 is 1.10 bits per heavy atom.